The molecule has 1 saturated heterocycles. The molecule has 6 heteroatoms. The molecule has 3 aromatic rings. The lowest BCUT2D eigenvalue weighted by atomic mass is 10.0. The minimum absolute atomic E-state index is 0.0124. The standard InChI is InChI=1S/C24H27FN4O/c25-19-11-9-17(10-12-19)15-28-13-14-29(24(30)18-5-1-2-6-18)16-22(28)23-26-20-7-3-4-8-21(20)27-23/h3-4,7-12,18,22H,1-2,5-6,13-16H2,(H,26,27). The molecule has 0 spiro atoms. The molecule has 0 bridgehead atoms. The average molecular weight is 407 g/mol. The monoisotopic (exact) mass is 406 g/mol. The van der Waals surface area contributed by atoms with Gasteiger partial charge in [-0.3, -0.25) is 9.69 Å². The number of rotatable bonds is 4. The second-order valence-corrected chi connectivity index (χ2v) is 8.52. The summed E-state index contributed by atoms with van der Waals surface area (Å²) in [5.41, 5.74) is 3.01. The molecule has 0 radical (unpaired) electrons. The number of aromatic nitrogens is 2. The molecule has 2 fully saturated rings. The second-order valence-electron chi connectivity index (χ2n) is 8.52. The first-order valence-electron chi connectivity index (χ1n) is 10.9. The quantitative estimate of drug-likeness (QED) is 0.704. The van der Waals surface area contributed by atoms with E-state index in [1.807, 2.05) is 41.3 Å². The number of H-pyrrole nitrogens is 1. The van der Waals surface area contributed by atoms with Gasteiger partial charge in [0.25, 0.3) is 0 Å². The van der Waals surface area contributed by atoms with Crippen LogP contribution in [0.4, 0.5) is 4.39 Å². The average Bonchev–Trinajstić information content (AvgIpc) is 3.45. The number of amides is 1. The van der Waals surface area contributed by atoms with Gasteiger partial charge < -0.3 is 9.88 Å². The number of hydrogen-bond acceptors (Lipinski definition) is 3. The Kier molecular flexibility index (Phi) is 5.25. The molecule has 1 atom stereocenters. The van der Waals surface area contributed by atoms with E-state index in [0.29, 0.717) is 19.0 Å². The molecule has 5 nitrogen and oxygen atoms in total. The molecule has 2 aliphatic rings. The maximum Gasteiger partial charge on any atom is 0.225 e. The van der Waals surface area contributed by atoms with Crippen LogP contribution in [0.15, 0.2) is 48.5 Å². The zero-order chi connectivity index (χ0) is 20.5. The Hall–Kier alpha value is -2.73. The summed E-state index contributed by atoms with van der Waals surface area (Å²) in [4.78, 5) is 25.8. The largest absolute Gasteiger partial charge is 0.341 e. The molecule has 2 aromatic carbocycles. The van der Waals surface area contributed by atoms with Gasteiger partial charge in [-0.25, -0.2) is 9.37 Å². The smallest absolute Gasteiger partial charge is 0.225 e. The zero-order valence-electron chi connectivity index (χ0n) is 17.1. The van der Waals surface area contributed by atoms with E-state index in [4.69, 9.17) is 4.98 Å². The number of halogens is 1. The van der Waals surface area contributed by atoms with E-state index in [-0.39, 0.29) is 17.8 Å². The third-order valence-electron chi connectivity index (χ3n) is 6.53. The maximum atomic E-state index is 13.3. The van der Waals surface area contributed by atoms with Gasteiger partial charge in [0, 0.05) is 32.1 Å². The number of fused-ring (bicyclic) bond motifs is 1. The van der Waals surface area contributed by atoms with Crippen molar-refractivity contribution in [2.24, 2.45) is 5.92 Å². The number of para-hydroxylation sites is 2. The van der Waals surface area contributed by atoms with Gasteiger partial charge in [0.2, 0.25) is 5.91 Å². The number of benzene rings is 2. The molecule has 1 unspecified atom stereocenters. The minimum atomic E-state index is -0.223. The van der Waals surface area contributed by atoms with Crippen molar-refractivity contribution in [1.29, 1.82) is 0 Å². The SMILES string of the molecule is O=C(C1CCCC1)N1CCN(Cc2ccc(F)cc2)C(c2nc3ccccc3[nH]2)C1. The van der Waals surface area contributed by atoms with E-state index in [1.54, 1.807) is 0 Å². The van der Waals surface area contributed by atoms with Crippen molar-refractivity contribution in [2.75, 3.05) is 19.6 Å². The van der Waals surface area contributed by atoms with Gasteiger partial charge in [-0.05, 0) is 42.7 Å². The molecule has 1 aliphatic heterocycles. The van der Waals surface area contributed by atoms with E-state index in [0.717, 1.165) is 61.2 Å². The topological polar surface area (TPSA) is 52.2 Å². The van der Waals surface area contributed by atoms with Crippen LogP contribution in [-0.4, -0.2) is 45.3 Å². The Bertz CT molecular complexity index is 992. The normalized spacial score (nSPS) is 20.8. The lowest BCUT2D eigenvalue weighted by Crippen LogP contribution is -2.51. The van der Waals surface area contributed by atoms with Crippen LogP contribution in [0.5, 0.6) is 0 Å². The Balaban J connectivity index is 1.42. The molecule has 1 N–H and O–H groups in total. The Labute approximate surface area is 175 Å². The number of aromatic amines is 1. The van der Waals surface area contributed by atoms with Crippen molar-refractivity contribution in [1.82, 2.24) is 19.8 Å². The van der Waals surface area contributed by atoms with Crippen LogP contribution >= 0.6 is 0 Å². The predicted molar refractivity (Wildman–Crippen MR) is 114 cm³/mol. The molecule has 30 heavy (non-hydrogen) atoms. The summed E-state index contributed by atoms with van der Waals surface area (Å²) in [6, 6.07) is 14.7. The highest BCUT2D eigenvalue weighted by Gasteiger charge is 2.35. The Morgan fingerprint density at radius 1 is 1.07 bits per heavy atom. The summed E-state index contributed by atoms with van der Waals surface area (Å²) in [5, 5.41) is 0. The molecule has 1 saturated carbocycles. The van der Waals surface area contributed by atoms with Gasteiger partial charge in [-0.15, -0.1) is 0 Å². The lowest BCUT2D eigenvalue weighted by molar-refractivity contribution is -0.138. The maximum absolute atomic E-state index is 13.3. The summed E-state index contributed by atoms with van der Waals surface area (Å²) in [6.07, 6.45) is 4.36. The van der Waals surface area contributed by atoms with Gasteiger partial charge >= 0.3 is 0 Å². The fourth-order valence-electron chi connectivity index (χ4n) is 4.85. The van der Waals surface area contributed by atoms with Crippen molar-refractivity contribution in [2.45, 2.75) is 38.3 Å². The number of carbonyl (C=O) groups excluding carboxylic acids is 1. The van der Waals surface area contributed by atoms with Crippen molar-refractivity contribution < 1.29 is 9.18 Å². The second kappa shape index (κ2) is 8.19. The van der Waals surface area contributed by atoms with Gasteiger partial charge in [0.15, 0.2) is 0 Å². The highest BCUT2D eigenvalue weighted by Crippen LogP contribution is 2.31. The van der Waals surface area contributed by atoms with Crippen molar-refractivity contribution in [3.05, 3.63) is 65.7 Å². The fraction of sp³-hybridized carbons (Fsp3) is 0.417. The van der Waals surface area contributed by atoms with Crippen molar-refractivity contribution >= 4 is 16.9 Å². The number of imidazole rings is 1. The van der Waals surface area contributed by atoms with Crippen LogP contribution in [0.3, 0.4) is 0 Å². The van der Waals surface area contributed by atoms with E-state index in [9.17, 15) is 9.18 Å². The summed E-state index contributed by atoms with van der Waals surface area (Å²) >= 11 is 0. The zero-order valence-corrected chi connectivity index (χ0v) is 17.1. The molecule has 2 heterocycles. The fourth-order valence-corrected chi connectivity index (χ4v) is 4.85. The summed E-state index contributed by atoms with van der Waals surface area (Å²) in [7, 11) is 0. The molecule has 156 valence electrons. The first-order chi connectivity index (χ1) is 14.7. The first kappa shape index (κ1) is 19.2. The van der Waals surface area contributed by atoms with Crippen LogP contribution in [0.2, 0.25) is 0 Å². The van der Waals surface area contributed by atoms with E-state index in [1.165, 1.54) is 12.1 Å². The van der Waals surface area contributed by atoms with Gasteiger partial charge in [-0.1, -0.05) is 37.1 Å². The number of hydrogen-bond donors (Lipinski definition) is 1. The van der Waals surface area contributed by atoms with Crippen molar-refractivity contribution in [3.8, 4) is 0 Å². The molecule has 1 aromatic heterocycles. The summed E-state index contributed by atoms with van der Waals surface area (Å²) in [5.74, 6) is 1.15. The van der Waals surface area contributed by atoms with Crippen LogP contribution < -0.4 is 0 Å². The van der Waals surface area contributed by atoms with Crippen LogP contribution in [0.25, 0.3) is 11.0 Å². The van der Waals surface area contributed by atoms with Gasteiger partial charge in [0.1, 0.15) is 11.6 Å². The van der Waals surface area contributed by atoms with E-state index < -0.39 is 0 Å². The van der Waals surface area contributed by atoms with Gasteiger partial charge in [-0.2, -0.15) is 0 Å². The lowest BCUT2D eigenvalue weighted by Gasteiger charge is -2.41. The Morgan fingerprint density at radius 3 is 2.60 bits per heavy atom. The molecular weight excluding hydrogens is 379 g/mol. The molecular formula is C24H27FN4O. The predicted octanol–water partition coefficient (Wildman–Crippen LogP) is 4.28. The minimum Gasteiger partial charge on any atom is -0.341 e. The van der Waals surface area contributed by atoms with Crippen LogP contribution in [-0.2, 0) is 11.3 Å². The van der Waals surface area contributed by atoms with Crippen LogP contribution in [0.1, 0.15) is 43.1 Å². The summed E-state index contributed by atoms with van der Waals surface area (Å²) < 4.78 is 13.3. The first-order valence-corrected chi connectivity index (χ1v) is 10.9. The number of nitrogens with zero attached hydrogens (tertiary/aromatic N) is 3. The van der Waals surface area contributed by atoms with E-state index >= 15 is 0 Å². The highest BCUT2D eigenvalue weighted by atomic mass is 19.1. The highest BCUT2D eigenvalue weighted by molar-refractivity contribution is 5.79. The van der Waals surface area contributed by atoms with Crippen molar-refractivity contribution in [3.63, 3.8) is 0 Å². The van der Waals surface area contributed by atoms with Gasteiger partial charge in [0.05, 0.1) is 17.1 Å². The van der Waals surface area contributed by atoms with Crippen LogP contribution in [0, 0.1) is 11.7 Å². The summed E-state index contributed by atoms with van der Waals surface area (Å²) in [6.45, 7) is 2.84. The molecule has 1 aliphatic carbocycles. The molecule has 5 rings (SSSR count). The number of nitrogens with one attached hydrogen (secondary N) is 1. The molecule has 1 amide bonds. The third-order valence-corrected chi connectivity index (χ3v) is 6.53. The Morgan fingerprint density at radius 2 is 1.83 bits per heavy atom. The number of piperazine rings is 1. The van der Waals surface area contributed by atoms with E-state index in [2.05, 4.69) is 9.88 Å². The third kappa shape index (κ3) is 3.84. The number of carbonyl (C=O) groups is 1.